The Balaban J connectivity index is 1.76. The third-order valence-corrected chi connectivity index (χ3v) is 5.65. The van der Waals surface area contributed by atoms with Crippen molar-refractivity contribution in [2.24, 2.45) is 5.92 Å². The van der Waals surface area contributed by atoms with E-state index < -0.39 is 0 Å². The molecule has 1 aromatic heterocycles. The summed E-state index contributed by atoms with van der Waals surface area (Å²) in [6.45, 7) is 8.10. The van der Waals surface area contributed by atoms with E-state index in [2.05, 4.69) is 42.4 Å². The van der Waals surface area contributed by atoms with E-state index in [4.69, 9.17) is 4.74 Å². The molecule has 140 valence electrons. The number of H-pyrrole nitrogens is 1. The van der Waals surface area contributed by atoms with Crippen LogP contribution in [0.25, 0.3) is 0 Å². The highest BCUT2D eigenvalue weighted by Crippen LogP contribution is 2.39. The van der Waals surface area contributed by atoms with Gasteiger partial charge < -0.3 is 10.1 Å². The van der Waals surface area contributed by atoms with Crippen LogP contribution in [0.15, 0.2) is 6.07 Å². The minimum Gasteiger partial charge on any atom is -0.368 e. The van der Waals surface area contributed by atoms with Gasteiger partial charge in [-0.05, 0) is 37.7 Å². The summed E-state index contributed by atoms with van der Waals surface area (Å²) >= 11 is 0. The predicted octanol–water partition coefficient (Wildman–Crippen LogP) is 4.01. The minimum atomic E-state index is -0.0128. The number of amides is 1. The maximum atomic E-state index is 11.6. The molecule has 25 heavy (non-hydrogen) atoms. The molecule has 1 aromatic rings. The van der Waals surface area contributed by atoms with Crippen LogP contribution in [-0.2, 0) is 14.9 Å². The van der Waals surface area contributed by atoms with Gasteiger partial charge in [0.1, 0.15) is 6.10 Å². The number of carbonyl (C=O) groups is 1. The number of hydrogen-bond donors (Lipinski definition) is 2. The summed E-state index contributed by atoms with van der Waals surface area (Å²) in [5.41, 5.74) is 2.12. The summed E-state index contributed by atoms with van der Waals surface area (Å²) in [6.07, 6.45) is 8.42. The van der Waals surface area contributed by atoms with Crippen LogP contribution in [0.4, 0.5) is 0 Å². The first-order chi connectivity index (χ1) is 11.8. The van der Waals surface area contributed by atoms with E-state index in [1.54, 1.807) is 6.92 Å². The van der Waals surface area contributed by atoms with Crippen LogP contribution >= 0.6 is 0 Å². The SMILES string of the molecule is CC(=O)N[C@H]1C[C@@H](C2CCCCC2)O[C@@H](c2cc(C(C)(C)C)n[nH]2)C1. The molecule has 1 amide bonds. The maximum absolute atomic E-state index is 11.6. The van der Waals surface area contributed by atoms with Gasteiger partial charge in [-0.25, -0.2) is 0 Å². The molecule has 1 aliphatic heterocycles. The van der Waals surface area contributed by atoms with E-state index in [0.29, 0.717) is 5.92 Å². The number of rotatable bonds is 3. The first-order valence-electron chi connectivity index (χ1n) is 9.81. The van der Waals surface area contributed by atoms with Crippen molar-refractivity contribution in [3.05, 3.63) is 17.5 Å². The molecule has 2 aliphatic rings. The van der Waals surface area contributed by atoms with Gasteiger partial charge in [0.2, 0.25) is 5.91 Å². The molecule has 1 saturated carbocycles. The van der Waals surface area contributed by atoms with Crippen LogP contribution in [-0.4, -0.2) is 28.3 Å². The molecule has 0 radical (unpaired) electrons. The second-order valence-corrected chi connectivity index (χ2v) is 8.89. The van der Waals surface area contributed by atoms with Gasteiger partial charge in [-0.3, -0.25) is 9.89 Å². The molecule has 1 saturated heterocycles. The molecule has 2 heterocycles. The van der Waals surface area contributed by atoms with Gasteiger partial charge in [-0.1, -0.05) is 40.0 Å². The fourth-order valence-electron chi connectivity index (χ4n) is 4.26. The summed E-state index contributed by atoms with van der Waals surface area (Å²) in [4.78, 5) is 11.6. The van der Waals surface area contributed by atoms with Crippen LogP contribution in [0.3, 0.4) is 0 Å². The number of carbonyl (C=O) groups excluding carboxylic acids is 1. The molecule has 0 spiro atoms. The van der Waals surface area contributed by atoms with Crippen molar-refractivity contribution in [3.8, 4) is 0 Å². The van der Waals surface area contributed by atoms with E-state index in [9.17, 15) is 4.79 Å². The average molecular weight is 348 g/mol. The third kappa shape index (κ3) is 4.63. The molecule has 0 bridgehead atoms. The highest BCUT2D eigenvalue weighted by atomic mass is 16.5. The van der Waals surface area contributed by atoms with Gasteiger partial charge >= 0.3 is 0 Å². The number of ether oxygens (including phenoxy) is 1. The third-order valence-electron chi connectivity index (χ3n) is 5.65. The van der Waals surface area contributed by atoms with Gasteiger partial charge in [0.25, 0.3) is 0 Å². The second kappa shape index (κ2) is 7.48. The van der Waals surface area contributed by atoms with E-state index in [1.165, 1.54) is 32.1 Å². The Kier molecular flexibility index (Phi) is 5.52. The van der Waals surface area contributed by atoms with Gasteiger partial charge in [0.05, 0.1) is 17.5 Å². The lowest BCUT2D eigenvalue weighted by atomic mass is 9.80. The van der Waals surface area contributed by atoms with Crippen molar-refractivity contribution in [1.29, 1.82) is 0 Å². The molecular weight excluding hydrogens is 314 g/mol. The normalized spacial score (nSPS) is 28.7. The topological polar surface area (TPSA) is 67.0 Å². The van der Waals surface area contributed by atoms with Crippen LogP contribution in [0.5, 0.6) is 0 Å². The summed E-state index contributed by atoms with van der Waals surface area (Å²) in [5.74, 6) is 0.672. The fourth-order valence-corrected chi connectivity index (χ4v) is 4.26. The number of aromatic amines is 1. The smallest absolute Gasteiger partial charge is 0.217 e. The molecule has 2 fully saturated rings. The van der Waals surface area contributed by atoms with Gasteiger partial charge in [0, 0.05) is 18.4 Å². The van der Waals surface area contributed by atoms with Gasteiger partial charge in [0.15, 0.2) is 0 Å². The van der Waals surface area contributed by atoms with Crippen molar-refractivity contribution >= 4 is 5.91 Å². The predicted molar refractivity (Wildman–Crippen MR) is 98.3 cm³/mol. The summed E-state index contributed by atoms with van der Waals surface area (Å²) in [7, 11) is 0. The molecule has 5 nitrogen and oxygen atoms in total. The fraction of sp³-hybridized carbons (Fsp3) is 0.800. The zero-order chi connectivity index (χ0) is 18.0. The largest absolute Gasteiger partial charge is 0.368 e. The Hall–Kier alpha value is -1.36. The molecule has 1 aliphatic carbocycles. The first kappa shape index (κ1) is 18.4. The quantitative estimate of drug-likeness (QED) is 0.868. The van der Waals surface area contributed by atoms with Crippen molar-refractivity contribution in [1.82, 2.24) is 15.5 Å². The number of aromatic nitrogens is 2. The van der Waals surface area contributed by atoms with Crippen molar-refractivity contribution in [3.63, 3.8) is 0 Å². The second-order valence-electron chi connectivity index (χ2n) is 8.89. The molecule has 0 aromatic carbocycles. The summed E-state index contributed by atoms with van der Waals surface area (Å²) < 4.78 is 6.53. The standard InChI is InChI=1S/C20H33N3O2/c1-13(24)21-15-10-17(14-8-6-5-7-9-14)25-18(11-15)16-12-19(23-22-16)20(2,3)4/h12,14-15,17-18H,5-11H2,1-4H3,(H,21,24)(H,22,23)/t15-,17-,18+/m0/s1. The lowest BCUT2D eigenvalue weighted by Crippen LogP contribution is -2.44. The monoisotopic (exact) mass is 347 g/mol. The van der Waals surface area contributed by atoms with E-state index in [0.717, 1.165) is 24.2 Å². The molecule has 2 N–H and O–H groups in total. The highest BCUT2D eigenvalue weighted by molar-refractivity contribution is 5.73. The van der Waals surface area contributed by atoms with Gasteiger partial charge in [-0.15, -0.1) is 0 Å². The van der Waals surface area contributed by atoms with Crippen LogP contribution < -0.4 is 5.32 Å². The summed E-state index contributed by atoms with van der Waals surface area (Å²) in [6, 6.07) is 2.32. The number of nitrogens with one attached hydrogen (secondary N) is 2. The highest BCUT2D eigenvalue weighted by Gasteiger charge is 2.36. The molecule has 3 rings (SSSR count). The van der Waals surface area contributed by atoms with Crippen LogP contribution in [0, 0.1) is 5.92 Å². The lowest BCUT2D eigenvalue weighted by molar-refractivity contribution is -0.124. The van der Waals surface area contributed by atoms with E-state index in [-0.39, 0.29) is 29.6 Å². The van der Waals surface area contributed by atoms with Gasteiger partial charge in [-0.2, -0.15) is 5.10 Å². The first-order valence-corrected chi connectivity index (χ1v) is 9.81. The maximum Gasteiger partial charge on any atom is 0.217 e. The molecule has 5 heteroatoms. The van der Waals surface area contributed by atoms with Crippen LogP contribution in [0.2, 0.25) is 0 Å². The summed E-state index contributed by atoms with van der Waals surface area (Å²) in [5, 5.41) is 10.8. The Morgan fingerprint density at radius 1 is 1.24 bits per heavy atom. The molecule has 0 unspecified atom stereocenters. The van der Waals surface area contributed by atoms with Crippen molar-refractivity contribution < 1.29 is 9.53 Å². The Labute approximate surface area is 151 Å². The van der Waals surface area contributed by atoms with Crippen molar-refractivity contribution in [2.75, 3.05) is 0 Å². The molecule has 3 atom stereocenters. The van der Waals surface area contributed by atoms with Crippen LogP contribution in [0.1, 0.15) is 90.1 Å². The van der Waals surface area contributed by atoms with E-state index in [1.807, 2.05) is 0 Å². The minimum absolute atomic E-state index is 0.0128. The lowest BCUT2D eigenvalue weighted by Gasteiger charge is -2.40. The Morgan fingerprint density at radius 2 is 1.96 bits per heavy atom. The molecular formula is C20H33N3O2. The number of nitrogens with zero attached hydrogens (tertiary/aromatic N) is 1. The Bertz CT molecular complexity index is 584. The zero-order valence-electron chi connectivity index (χ0n) is 16.1. The number of hydrogen-bond acceptors (Lipinski definition) is 3. The zero-order valence-corrected chi connectivity index (χ0v) is 16.1. The van der Waals surface area contributed by atoms with Crippen molar-refractivity contribution in [2.45, 2.75) is 96.3 Å². The Morgan fingerprint density at radius 3 is 2.56 bits per heavy atom. The average Bonchev–Trinajstić information content (AvgIpc) is 3.05. The van der Waals surface area contributed by atoms with E-state index >= 15 is 0 Å².